The lowest BCUT2D eigenvalue weighted by molar-refractivity contribution is -0.274. The van der Waals surface area contributed by atoms with Crippen LogP contribution in [0.3, 0.4) is 0 Å². The van der Waals surface area contributed by atoms with E-state index in [0.717, 1.165) is 45.8 Å². The normalized spacial score (nSPS) is 15.6. The Kier molecular flexibility index (Phi) is 7.29. The van der Waals surface area contributed by atoms with Gasteiger partial charge in [0.25, 0.3) is 0 Å². The third-order valence-corrected chi connectivity index (χ3v) is 8.68. The lowest BCUT2D eigenvalue weighted by atomic mass is 9.94. The number of rotatable bonds is 7. The highest BCUT2D eigenvalue weighted by molar-refractivity contribution is 9.10. The molecule has 14 heteroatoms. The summed E-state index contributed by atoms with van der Waals surface area (Å²) in [6.45, 7) is 1.03. The number of halogens is 4. The average molecular weight is 611 g/mol. The molecule has 0 aliphatic carbocycles. The van der Waals surface area contributed by atoms with E-state index in [0.29, 0.717) is 25.0 Å². The number of hydrogen-bond acceptors (Lipinski definition) is 7. The molecule has 1 N–H and O–H groups in total. The highest BCUT2D eigenvalue weighted by Gasteiger charge is 2.33. The first-order chi connectivity index (χ1) is 18.1. The minimum Gasteiger partial charge on any atom is -0.406 e. The molecular weight excluding hydrogens is 589 g/mol. The maximum Gasteiger partial charge on any atom is 0.573 e. The van der Waals surface area contributed by atoms with Gasteiger partial charge in [-0.25, -0.2) is 13.4 Å². The summed E-state index contributed by atoms with van der Waals surface area (Å²) in [5, 5.41) is 7.77. The Morgan fingerprint density at radius 2 is 1.84 bits per heavy atom. The minimum absolute atomic E-state index is 0.00903. The Balaban J connectivity index is 1.30. The van der Waals surface area contributed by atoms with Crippen LogP contribution < -0.4 is 10.1 Å². The highest BCUT2D eigenvalue weighted by atomic mass is 79.9. The number of ether oxygens (including phenoxy) is 1. The Morgan fingerprint density at radius 3 is 2.50 bits per heavy atom. The maximum absolute atomic E-state index is 13.1. The van der Waals surface area contributed by atoms with Gasteiger partial charge in [-0.05, 0) is 64.7 Å². The molecule has 4 aromatic rings. The van der Waals surface area contributed by atoms with Gasteiger partial charge in [-0.2, -0.15) is 13.9 Å². The number of piperidine rings is 1. The number of anilines is 1. The predicted octanol–water partition coefficient (Wildman–Crippen LogP) is 4.97. The van der Waals surface area contributed by atoms with Crippen molar-refractivity contribution in [2.75, 3.05) is 18.4 Å². The van der Waals surface area contributed by atoms with Crippen molar-refractivity contribution in [3.05, 3.63) is 76.8 Å². The molecule has 1 saturated heterocycles. The third-order valence-electron chi connectivity index (χ3n) is 6.21. The molecule has 0 radical (unpaired) electrons. The van der Waals surface area contributed by atoms with Gasteiger partial charge in [0.05, 0.1) is 15.6 Å². The van der Waals surface area contributed by atoms with Gasteiger partial charge >= 0.3 is 6.36 Å². The van der Waals surface area contributed by atoms with Crippen LogP contribution in [0.15, 0.2) is 70.4 Å². The van der Waals surface area contributed by atoms with Gasteiger partial charge in [0.15, 0.2) is 5.65 Å². The van der Waals surface area contributed by atoms with Gasteiger partial charge in [-0.3, -0.25) is 4.98 Å². The van der Waals surface area contributed by atoms with Gasteiger partial charge < -0.3 is 10.1 Å². The molecule has 0 atom stereocenters. The lowest BCUT2D eigenvalue weighted by Gasteiger charge is -2.31. The molecule has 0 bridgehead atoms. The first-order valence-corrected chi connectivity index (χ1v) is 13.9. The second kappa shape index (κ2) is 10.5. The molecule has 0 spiro atoms. The van der Waals surface area contributed by atoms with E-state index in [-0.39, 0.29) is 23.9 Å². The summed E-state index contributed by atoms with van der Waals surface area (Å²) in [5.41, 5.74) is 2.47. The Bertz CT molecular complexity index is 1520. The monoisotopic (exact) mass is 610 g/mol. The number of pyridine rings is 1. The van der Waals surface area contributed by atoms with E-state index in [1.54, 1.807) is 23.1 Å². The largest absolute Gasteiger partial charge is 0.573 e. The van der Waals surface area contributed by atoms with E-state index in [2.05, 4.69) is 36.1 Å². The highest BCUT2D eigenvalue weighted by Crippen LogP contribution is 2.33. The Hall–Kier alpha value is -3.23. The molecule has 1 aromatic carbocycles. The van der Waals surface area contributed by atoms with E-state index in [9.17, 15) is 21.6 Å². The van der Waals surface area contributed by atoms with Crippen LogP contribution in [0.1, 0.15) is 30.0 Å². The Labute approximate surface area is 224 Å². The van der Waals surface area contributed by atoms with Crippen LogP contribution in [-0.4, -0.2) is 51.8 Å². The van der Waals surface area contributed by atoms with Crippen LogP contribution in [0.4, 0.5) is 19.0 Å². The summed E-state index contributed by atoms with van der Waals surface area (Å²) >= 11 is 3.50. The summed E-state index contributed by atoms with van der Waals surface area (Å²) in [5.74, 6) is 0.279. The molecule has 1 fully saturated rings. The molecule has 1 aliphatic heterocycles. The fraction of sp³-hybridized carbons (Fsp3) is 0.292. The number of sulfonamides is 1. The number of aromatic nitrogens is 4. The zero-order valence-corrected chi connectivity index (χ0v) is 22.2. The van der Waals surface area contributed by atoms with E-state index in [1.807, 2.05) is 18.2 Å². The molecule has 0 amide bonds. The van der Waals surface area contributed by atoms with Crippen molar-refractivity contribution in [1.29, 1.82) is 0 Å². The molecule has 4 heterocycles. The molecule has 9 nitrogen and oxygen atoms in total. The van der Waals surface area contributed by atoms with Crippen LogP contribution >= 0.6 is 15.9 Å². The van der Waals surface area contributed by atoms with Gasteiger partial charge in [0.2, 0.25) is 10.0 Å². The van der Waals surface area contributed by atoms with Crippen molar-refractivity contribution in [3.8, 4) is 5.75 Å². The van der Waals surface area contributed by atoms with Crippen LogP contribution in [0.25, 0.3) is 5.65 Å². The molecule has 0 saturated carbocycles. The third kappa shape index (κ3) is 5.76. The number of alkyl halides is 3. The van der Waals surface area contributed by atoms with Gasteiger partial charge in [0.1, 0.15) is 11.6 Å². The first kappa shape index (κ1) is 26.4. The summed E-state index contributed by atoms with van der Waals surface area (Å²) in [6, 6.07) is 9.99. The van der Waals surface area contributed by atoms with E-state index in [1.165, 1.54) is 4.31 Å². The van der Waals surface area contributed by atoms with Crippen molar-refractivity contribution in [2.45, 2.75) is 36.6 Å². The van der Waals surface area contributed by atoms with Gasteiger partial charge in [-0.1, -0.05) is 6.07 Å². The predicted molar refractivity (Wildman–Crippen MR) is 136 cm³/mol. The molecule has 200 valence electrons. The van der Waals surface area contributed by atoms with Crippen molar-refractivity contribution in [2.24, 2.45) is 0 Å². The maximum atomic E-state index is 13.1. The number of nitrogens with zero attached hydrogens (tertiary/aromatic N) is 5. The summed E-state index contributed by atoms with van der Waals surface area (Å²) in [7, 11) is -3.87. The van der Waals surface area contributed by atoms with Crippen LogP contribution in [0, 0.1) is 0 Å². The number of hydrogen-bond donors (Lipinski definition) is 1. The number of nitrogens with one attached hydrogen (secondary N) is 1. The molecular formula is C24H22BrF3N6O3S. The van der Waals surface area contributed by atoms with Crippen LogP contribution in [0.2, 0.25) is 0 Å². The summed E-state index contributed by atoms with van der Waals surface area (Å²) in [6.07, 6.45) is 1.37. The van der Waals surface area contributed by atoms with Crippen molar-refractivity contribution >= 4 is 37.4 Å². The van der Waals surface area contributed by atoms with Crippen LogP contribution in [-0.2, 0) is 16.6 Å². The standard InChI is InChI=1S/C24H22BrF3N6O3S/c25-20-15-31-34-22(30-14-16-2-1-9-29-13-16)12-21(32-23(20)34)17-7-10-33(11-8-17)38(35,36)19-5-3-18(4-6-19)37-24(26,27)28/h1-6,9,12-13,15,17,30H,7-8,10-11,14H2. The topological polar surface area (TPSA) is 102 Å². The van der Waals surface area contributed by atoms with Crippen molar-refractivity contribution in [1.82, 2.24) is 23.9 Å². The lowest BCUT2D eigenvalue weighted by Crippen LogP contribution is -2.38. The zero-order chi connectivity index (χ0) is 26.9. The van der Waals surface area contributed by atoms with Crippen molar-refractivity contribution in [3.63, 3.8) is 0 Å². The van der Waals surface area contributed by atoms with Crippen molar-refractivity contribution < 1.29 is 26.3 Å². The molecule has 38 heavy (non-hydrogen) atoms. The smallest absolute Gasteiger partial charge is 0.406 e. The minimum atomic E-state index is -4.85. The number of benzene rings is 1. The molecule has 0 unspecified atom stereocenters. The van der Waals surface area contributed by atoms with E-state index >= 15 is 0 Å². The van der Waals surface area contributed by atoms with E-state index < -0.39 is 22.1 Å². The summed E-state index contributed by atoms with van der Waals surface area (Å²) in [4.78, 5) is 8.83. The van der Waals surface area contributed by atoms with E-state index in [4.69, 9.17) is 4.98 Å². The molecule has 3 aromatic heterocycles. The SMILES string of the molecule is O=S(=O)(c1ccc(OC(F)(F)F)cc1)N1CCC(c2cc(NCc3cccnc3)n3ncc(Br)c3n2)CC1. The number of fused-ring (bicyclic) bond motifs is 1. The first-order valence-electron chi connectivity index (χ1n) is 11.6. The van der Waals surface area contributed by atoms with Gasteiger partial charge in [0, 0.05) is 49.7 Å². The second-order valence-electron chi connectivity index (χ2n) is 8.71. The molecule has 1 aliphatic rings. The van der Waals surface area contributed by atoms with Crippen LogP contribution in [0.5, 0.6) is 5.75 Å². The average Bonchev–Trinajstić information content (AvgIpc) is 3.28. The zero-order valence-electron chi connectivity index (χ0n) is 19.8. The summed E-state index contributed by atoms with van der Waals surface area (Å²) < 4.78 is 71.1. The Morgan fingerprint density at radius 1 is 1.11 bits per heavy atom. The molecule has 5 rings (SSSR count). The van der Waals surface area contributed by atoms with Gasteiger partial charge in [-0.15, -0.1) is 13.2 Å². The second-order valence-corrected chi connectivity index (χ2v) is 11.5. The fourth-order valence-electron chi connectivity index (χ4n) is 4.34. The fourth-order valence-corrected chi connectivity index (χ4v) is 6.16. The quantitative estimate of drug-likeness (QED) is 0.315.